The molecule has 1 N–H and O–H groups in total. The van der Waals surface area contributed by atoms with Gasteiger partial charge < -0.3 is 10.1 Å². The van der Waals surface area contributed by atoms with Crippen molar-refractivity contribution in [3.63, 3.8) is 0 Å². The number of aliphatic imine (C=N–C) groups is 1. The second kappa shape index (κ2) is 4.88. The molecule has 0 saturated heterocycles. The third-order valence-electron chi connectivity index (χ3n) is 2.80. The van der Waals surface area contributed by atoms with Gasteiger partial charge in [-0.05, 0) is 23.8 Å². The van der Waals surface area contributed by atoms with Crippen molar-refractivity contribution >= 4 is 17.8 Å². The first-order valence-corrected chi connectivity index (χ1v) is 6.16. The minimum Gasteiger partial charge on any atom is -0.497 e. The van der Waals surface area contributed by atoms with Gasteiger partial charge in [-0.15, -0.1) is 0 Å². The molecule has 19 heavy (non-hydrogen) atoms. The van der Waals surface area contributed by atoms with Crippen LogP contribution in [0.1, 0.15) is 26.3 Å². The molecular weight excluding hydrogens is 240 g/mol. The highest BCUT2D eigenvalue weighted by Gasteiger charge is 2.28. The molecule has 0 radical (unpaired) electrons. The van der Waals surface area contributed by atoms with E-state index in [1.54, 1.807) is 13.2 Å². The van der Waals surface area contributed by atoms with Crippen molar-refractivity contribution in [2.24, 2.45) is 10.4 Å². The van der Waals surface area contributed by atoms with Gasteiger partial charge in [0.25, 0.3) is 5.91 Å². The summed E-state index contributed by atoms with van der Waals surface area (Å²) in [6.45, 7) is 6.04. The van der Waals surface area contributed by atoms with Crippen LogP contribution < -0.4 is 10.1 Å². The normalized spacial score (nSPS) is 17.4. The van der Waals surface area contributed by atoms with Crippen molar-refractivity contribution in [1.29, 1.82) is 0 Å². The summed E-state index contributed by atoms with van der Waals surface area (Å²) in [6.07, 6.45) is 1.76. The minimum absolute atomic E-state index is 0.159. The van der Waals surface area contributed by atoms with Crippen LogP contribution in [0.5, 0.6) is 5.75 Å². The molecule has 100 valence electrons. The summed E-state index contributed by atoms with van der Waals surface area (Å²) in [4.78, 5) is 16.2. The number of carbonyl (C=O) groups excluding carboxylic acids is 1. The van der Waals surface area contributed by atoms with Crippen LogP contribution in [-0.4, -0.2) is 18.9 Å². The number of benzene rings is 1. The van der Waals surface area contributed by atoms with E-state index in [1.165, 1.54) is 0 Å². The molecule has 1 amide bonds. The van der Waals surface area contributed by atoms with Crippen LogP contribution in [0.25, 0.3) is 6.08 Å². The van der Waals surface area contributed by atoms with Crippen LogP contribution in [0.3, 0.4) is 0 Å². The summed E-state index contributed by atoms with van der Waals surface area (Å²) in [6, 6.07) is 7.52. The molecular formula is C15H18N2O2. The van der Waals surface area contributed by atoms with Crippen LogP contribution in [0.2, 0.25) is 0 Å². The lowest BCUT2D eigenvalue weighted by Crippen LogP contribution is -2.34. The fourth-order valence-corrected chi connectivity index (χ4v) is 1.71. The van der Waals surface area contributed by atoms with E-state index in [-0.39, 0.29) is 11.3 Å². The van der Waals surface area contributed by atoms with Crippen LogP contribution in [0.4, 0.5) is 0 Å². The van der Waals surface area contributed by atoms with Gasteiger partial charge in [0, 0.05) is 5.41 Å². The molecule has 0 aromatic heterocycles. The summed E-state index contributed by atoms with van der Waals surface area (Å²) in [7, 11) is 1.62. The smallest absolute Gasteiger partial charge is 0.275 e. The molecule has 1 aromatic carbocycles. The molecule has 4 heteroatoms. The second-order valence-electron chi connectivity index (χ2n) is 5.47. The van der Waals surface area contributed by atoms with E-state index in [1.807, 2.05) is 45.0 Å². The zero-order chi connectivity index (χ0) is 14.0. The molecule has 0 unspecified atom stereocenters. The predicted octanol–water partition coefficient (Wildman–Crippen LogP) is 2.61. The minimum atomic E-state index is -0.167. The summed E-state index contributed by atoms with van der Waals surface area (Å²) < 4.78 is 5.16. The number of rotatable bonds is 2. The fourth-order valence-electron chi connectivity index (χ4n) is 1.71. The van der Waals surface area contributed by atoms with Crippen molar-refractivity contribution < 1.29 is 9.53 Å². The fraction of sp³-hybridized carbons (Fsp3) is 0.333. The van der Waals surface area contributed by atoms with Gasteiger partial charge in [-0.25, -0.2) is 4.99 Å². The lowest BCUT2D eigenvalue weighted by atomic mass is 9.95. The van der Waals surface area contributed by atoms with Crippen molar-refractivity contribution in [3.8, 4) is 5.75 Å². The van der Waals surface area contributed by atoms with E-state index < -0.39 is 0 Å². The standard InChI is InChI=1S/C15H18N2O2/c1-15(2,3)14-16-12(13(18)17-14)9-10-6-5-7-11(8-10)19-4/h5-9H,1-4H3,(H,16,17,18)/b12-9+. The van der Waals surface area contributed by atoms with Crippen LogP contribution in [0, 0.1) is 5.41 Å². The number of nitrogens with one attached hydrogen (secondary N) is 1. The largest absolute Gasteiger partial charge is 0.497 e. The summed E-state index contributed by atoms with van der Waals surface area (Å²) in [5, 5.41) is 2.80. The maximum Gasteiger partial charge on any atom is 0.275 e. The number of amides is 1. The van der Waals surface area contributed by atoms with Crippen molar-refractivity contribution in [3.05, 3.63) is 35.5 Å². The zero-order valence-corrected chi connectivity index (χ0v) is 11.7. The zero-order valence-electron chi connectivity index (χ0n) is 11.7. The van der Waals surface area contributed by atoms with E-state index in [2.05, 4.69) is 10.3 Å². The van der Waals surface area contributed by atoms with Gasteiger partial charge in [0.2, 0.25) is 0 Å². The van der Waals surface area contributed by atoms with E-state index in [9.17, 15) is 4.79 Å². The first-order chi connectivity index (χ1) is 8.90. The van der Waals surface area contributed by atoms with E-state index in [0.717, 1.165) is 11.3 Å². The maximum atomic E-state index is 11.9. The molecule has 0 saturated carbocycles. The van der Waals surface area contributed by atoms with E-state index in [4.69, 9.17) is 4.74 Å². The van der Waals surface area contributed by atoms with Crippen molar-refractivity contribution in [2.75, 3.05) is 7.11 Å². The molecule has 0 bridgehead atoms. The predicted molar refractivity (Wildman–Crippen MR) is 76.0 cm³/mol. The Labute approximate surface area is 113 Å². The highest BCUT2D eigenvalue weighted by molar-refractivity contribution is 6.15. The number of hydrogen-bond acceptors (Lipinski definition) is 3. The summed E-state index contributed by atoms with van der Waals surface area (Å²) >= 11 is 0. The number of carbonyl (C=O) groups is 1. The quantitative estimate of drug-likeness (QED) is 0.829. The van der Waals surface area contributed by atoms with Gasteiger partial charge in [0.1, 0.15) is 17.3 Å². The second-order valence-corrected chi connectivity index (χ2v) is 5.47. The number of methoxy groups -OCH3 is 1. The summed E-state index contributed by atoms with van der Waals surface area (Å²) in [5.41, 5.74) is 1.15. The topological polar surface area (TPSA) is 50.7 Å². The summed E-state index contributed by atoms with van der Waals surface area (Å²) in [5.74, 6) is 1.30. The van der Waals surface area contributed by atoms with Gasteiger partial charge in [-0.3, -0.25) is 4.79 Å². The number of ether oxygens (including phenoxy) is 1. The third kappa shape index (κ3) is 3.02. The van der Waals surface area contributed by atoms with Crippen LogP contribution in [0.15, 0.2) is 35.0 Å². The first kappa shape index (κ1) is 13.3. The Morgan fingerprint density at radius 2 is 2.05 bits per heavy atom. The molecule has 0 aliphatic carbocycles. The monoisotopic (exact) mass is 258 g/mol. The molecule has 0 spiro atoms. The van der Waals surface area contributed by atoms with Gasteiger partial charge >= 0.3 is 0 Å². The number of hydrogen-bond donors (Lipinski definition) is 1. The molecule has 0 atom stereocenters. The lowest BCUT2D eigenvalue weighted by molar-refractivity contribution is -0.115. The third-order valence-corrected chi connectivity index (χ3v) is 2.80. The lowest BCUT2D eigenvalue weighted by Gasteiger charge is -2.16. The van der Waals surface area contributed by atoms with Gasteiger partial charge in [0.15, 0.2) is 0 Å². The maximum absolute atomic E-state index is 11.9. The van der Waals surface area contributed by atoms with Crippen LogP contribution >= 0.6 is 0 Å². The van der Waals surface area contributed by atoms with Crippen LogP contribution in [-0.2, 0) is 4.79 Å². The van der Waals surface area contributed by atoms with Gasteiger partial charge in [-0.2, -0.15) is 0 Å². The Hall–Kier alpha value is -2.10. The molecule has 1 aromatic rings. The SMILES string of the molecule is COc1cccc(/C=C2/N=C(C(C)(C)C)NC2=O)c1. The van der Waals surface area contributed by atoms with Gasteiger partial charge in [0.05, 0.1) is 7.11 Å². The van der Waals surface area contributed by atoms with Crippen molar-refractivity contribution in [1.82, 2.24) is 5.32 Å². The average molecular weight is 258 g/mol. The van der Waals surface area contributed by atoms with Gasteiger partial charge in [-0.1, -0.05) is 32.9 Å². The molecule has 1 aliphatic heterocycles. The highest BCUT2D eigenvalue weighted by atomic mass is 16.5. The Bertz CT molecular complexity index is 566. The Balaban J connectivity index is 2.33. The first-order valence-electron chi connectivity index (χ1n) is 6.16. The Kier molecular flexibility index (Phi) is 3.42. The van der Waals surface area contributed by atoms with E-state index >= 15 is 0 Å². The Morgan fingerprint density at radius 1 is 1.32 bits per heavy atom. The van der Waals surface area contributed by atoms with Crippen molar-refractivity contribution in [2.45, 2.75) is 20.8 Å². The molecule has 4 nitrogen and oxygen atoms in total. The van der Waals surface area contributed by atoms with E-state index in [0.29, 0.717) is 11.5 Å². The molecule has 0 fully saturated rings. The molecule has 2 rings (SSSR count). The molecule has 1 aliphatic rings. The number of amidine groups is 1. The Morgan fingerprint density at radius 3 is 2.63 bits per heavy atom. The highest BCUT2D eigenvalue weighted by Crippen LogP contribution is 2.22. The number of nitrogens with zero attached hydrogens (tertiary/aromatic N) is 1. The average Bonchev–Trinajstić information content (AvgIpc) is 2.71. The molecule has 1 heterocycles.